The Bertz CT molecular complexity index is 1480. The van der Waals surface area contributed by atoms with E-state index in [9.17, 15) is 19.0 Å². The van der Waals surface area contributed by atoms with Crippen molar-refractivity contribution in [1.82, 2.24) is 0 Å². The van der Waals surface area contributed by atoms with E-state index in [2.05, 4.69) is 111 Å². The summed E-state index contributed by atoms with van der Waals surface area (Å²) in [6.07, 6.45) is 74.9. The second-order valence-electron chi connectivity index (χ2n) is 18.7. The molecular weight excluding hydrogens is 906 g/mol. The third kappa shape index (κ3) is 56.1. The number of ether oxygens (including phenoxy) is 2. The molecule has 0 aliphatic carbocycles. The SMILES string of the molecule is CC/C=C\C/C=C\C/C=C\C/C=C\C/C=C\CCCCCCCCCCCCCCCCCCCCCCCC(=O)OC(COC(=O)CCCCC/C=C\C/C=C\C/C=C\CC)COP(=O)(O)OCCN. The lowest BCUT2D eigenvalue weighted by atomic mass is 10.0. The largest absolute Gasteiger partial charge is 0.472 e. The van der Waals surface area contributed by atoms with Crippen LogP contribution in [0.4, 0.5) is 0 Å². The zero-order chi connectivity index (χ0) is 51.7. The monoisotopic (exact) mass is 1010 g/mol. The molecule has 2 unspecified atom stereocenters. The molecule has 0 aromatic heterocycles. The number of phosphoric acid groups is 1. The molecule has 0 rings (SSSR count). The molecule has 9 nitrogen and oxygen atoms in total. The van der Waals surface area contributed by atoms with Crippen LogP contribution in [0.15, 0.2) is 97.2 Å². The first-order valence-electron chi connectivity index (χ1n) is 28.7. The lowest BCUT2D eigenvalue weighted by Gasteiger charge is -2.19. The van der Waals surface area contributed by atoms with Crippen molar-refractivity contribution in [3.63, 3.8) is 0 Å². The molecule has 0 heterocycles. The normalized spacial score (nSPS) is 13.8. The van der Waals surface area contributed by atoms with Crippen LogP contribution in [-0.4, -0.2) is 49.3 Å². The van der Waals surface area contributed by atoms with Crippen LogP contribution in [0.5, 0.6) is 0 Å². The van der Waals surface area contributed by atoms with Gasteiger partial charge in [0.2, 0.25) is 0 Å². The molecule has 0 aromatic carbocycles. The van der Waals surface area contributed by atoms with E-state index in [0.717, 1.165) is 89.9 Å². The van der Waals surface area contributed by atoms with E-state index >= 15 is 0 Å². The van der Waals surface area contributed by atoms with Crippen LogP contribution in [0.25, 0.3) is 0 Å². The lowest BCUT2D eigenvalue weighted by Crippen LogP contribution is -2.29. The number of carbonyl (C=O) groups is 2. The highest BCUT2D eigenvalue weighted by Crippen LogP contribution is 2.43. The first-order valence-corrected chi connectivity index (χ1v) is 30.2. The van der Waals surface area contributed by atoms with Crippen molar-refractivity contribution >= 4 is 19.8 Å². The van der Waals surface area contributed by atoms with Crippen LogP contribution in [-0.2, 0) is 32.7 Å². The van der Waals surface area contributed by atoms with Crippen LogP contribution in [0.1, 0.15) is 245 Å². The molecular formula is C61H106NO8P. The maximum atomic E-state index is 12.7. The lowest BCUT2D eigenvalue weighted by molar-refractivity contribution is -0.161. The van der Waals surface area contributed by atoms with Gasteiger partial charge in [0.15, 0.2) is 6.10 Å². The number of hydrogen-bond acceptors (Lipinski definition) is 8. The fourth-order valence-electron chi connectivity index (χ4n) is 7.80. The van der Waals surface area contributed by atoms with Crippen LogP contribution >= 0.6 is 7.82 Å². The van der Waals surface area contributed by atoms with Gasteiger partial charge >= 0.3 is 19.8 Å². The van der Waals surface area contributed by atoms with Gasteiger partial charge in [-0.3, -0.25) is 18.6 Å². The molecule has 0 saturated carbocycles. The minimum atomic E-state index is -4.39. The van der Waals surface area contributed by atoms with Gasteiger partial charge in [-0.25, -0.2) is 4.57 Å². The summed E-state index contributed by atoms with van der Waals surface area (Å²) in [5, 5.41) is 0. The van der Waals surface area contributed by atoms with Gasteiger partial charge in [-0.05, 0) is 89.9 Å². The first-order chi connectivity index (χ1) is 34.8. The summed E-state index contributed by atoms with van der Waals surface area (Å²) in [6.45, 7) is 3.48. The average Bonchev–Trinajstić information content (AvgIpc) is 3.36. The molecule has 10 heteroatoms. The molecule has 0 radical (unpaired) electrons. The fourth-order valence-corrected chi connectivity index (χ4v) is 8.56. The number of carbonyl (C=O) groups excluding carboxylic acids is 2. The molecule has 0 saturated heterocycles. The van der Waals surface area contributed by atoms with Crippen molar-refractivity contribution in [2.75, 3.05) is 26.4 Å². The van der Waals surface area contributed by atoms with Crippen molar-refractivity contribution in [3.05, 3.63) is 97.2 Å². The average molecular weight is 1010 g/mol. The van der Waals surface area contributed by atoms with Gasteiger partial charge in [0.05, 0.1) is 13.2 Å². The molecule has 0 spiro atoms. The molecule has 0 aromatic rings. The van der Waals surface area contributed by atoms with Gasteiger partial charge in [0.1, 0.15) is 6.61 Å². The van der Waals surface area contributed by atoms with Crippen LogP contribution in [0.3, 0.4) is 0 Å². The Kier molecular flexibility index (Phi) is 53.8. The molecule has 3 N–H and O–H groups in total. The number of allylic oxidation sites excluding steroid dienone is 16. The quantitative estimate of drug-likeness (QED) is 0.0264. The number of nitrogens with two attached hydrogens (primary N) is 1. The summed E-state index contributed by atoms with van der Waals surface area (Å²) >= 11 is 0. The number of esters is 2. The van der Waals surface area contributed by atoms with Gasteiger partial charge < -0.3 is 20.1 Å². The van der Waals surface area contributed by atoms with Gasteiger partial charge in [-0.2, -0.15) is 0 Å². The second-order valence-corrected chi connectivity index (χ2v) is 20.2. The third-order valence-corrected chi connectivity index (χ3v) is 12.9. The van der Waals surface area contributed by atoms with Gasteiger partial charge in [-0.1, -0.05) is 239 Å². The Labute approximate surface area is 436 Å². The van der Waals surface area contributed by atoms with Crippen molar-refractivity contribution in [1.29, 1.82) is 0 Å². The molecule has 0 aliphatic rings. The van der Waals surface area contributed by atoms with Crippen molar-refractivity contribution in [3.8, 4) is 0 Å². The molecule has 0 aliphatic heterocycles. The summed E-state index contributed by atoms with van der Waals surface area (Å²) in [6, 6.07) is 0. The first kappa shape index (κ1) is 67.9. The predicted molar refractivity (Wildman–Crippen MR) is 302 cm³/mol. The Morgan fingerprint density at radius 2 is 0.732 bits per heavy atom. The van der Waals surface area contributed by atoms with Crippen LogP contribution < -0.4 is 5.73 Å². The summed E-state index contributed by atoms with van der Waals surface area (Å²) in [7, 11) is -4.39. The Morgan fingerprint density at radius 3 is 1.10 bits per heavy atom. The predicted octanol–water partition coefficient (Wildman–Crippen LogP) is 18.1. The van der Waals surface area contributed by atoms with E-state index < -0.39 is 32.5 Å². The highest BCUT2D eigenvalue weighted by molar-refractivity contribution is 7.47. The minimum Gasteiger partial charge on any atom is -0.462 e. The minimum absolute atomic E-state index is 0.0468. The van der Waals surface area contributed by atoms with E-state index in [0.29, 0.717) is 12.8 Å². The fraction of sp³-hybridized carbons (Fsp3) is 0.705. The maximum absolute atomic E-state index is 12.7. The summed E-state index contributed by atoms with van der Waals surface area (Å²) in [5.41, 5.74) is 5.37. The van der Waals surface area contributed by atoms with Crippen molar-refractivity contribution < 1.29 is 37.6 Å². The van der Waals surface area contributed by atoms with Gasteiger partial charge in [0, 0.05) is 19.4 Å². The summed E-state index contributed by atoms with van der Waals surface area (Å²) < 4.78 is 32.9. The molecule has 0 fully saturated rings. The number of rotatable bonds is 53. The summed E-state index contributed by atoms with van der Waals surface area (Å²) in [5.74, 6) is -0.860. The van der Waals surface area contributed by atoms with Crippen LogP contribution in [0, 0.1) is 0 Å². The molecule has 0 bridgehead atoms. The third-order valence-electron chi connectivity index (χ3n) is 12.0. The van der Waals surface area contributed by atoms with E-state index in [-0.39, 0.29) is 32.6 Å². The van der Waals surface area contributed by atoms with Crippen LogP contribution in [0.2, 0.25) is 0 Å². The van der Waals surface area contributed by atoms with E-state index in [1.54, 1.807) is 0 Å². The number of unbranched alkanes of at least 4 members (excludes halogenated alkanes) is 24. The zero-order valence-corrected chi connectivity index (χ0v) is 46.3. The standard InChI is InChI=1S/C61H106NO8P/c1-3-5-7-9-11-13-15-17-18-19-20-21-22-23-24-25-26-27-28-29-30-31-32-33-34-35-36-37-38-39-40-42-44-46-48-50-52-54-61(64)70-59(58-69-71(65,66)68-56-55-62)57-67-60(63)53-51-49-47-45-43-41-16-14-12-10-8-6-4-2/h5-8,11-14,17-18,20-21,23-24,41,43,59H,3-4,9-10,15-16,19,22,25-40,42,44-58,62H2,1-2H3,(H,65,66)/b7-5-,8-6-,13-11-,14-12-,18-17-,21-20-,24-23-,43-41-. The Balaban J connectivity index is 3.83. The van der Waals surface area contributed by atoms with E-state index in [1.165, 1.54) is 116 Å². The Morgan fingerprint density at radius 1 is 0.423 bits per heavy atom. The van der Waals surface area contributed by atoms with Gasteiger partial charge in [-0.15, -0.1) is 0 Å². The maximum Gasteiger partial charge on any atom is 0.472 e. The van der Waals surface area contributed by atoms with Crippen molar-refractivity contribution in [2.45, 2.75) is 251 Å². The summed E-state index contributed by atoms with van der Waals surface area (Å²) in [4.78, 5) is 35.0. The topological polar surface area (TPSA) is 134 Å². The van der Waals surface area contributed by atoms with Crippen molar-refractivity contribution in [2.24, 2.45) is 5.73 Å². The molecule has 71 heavy (non-hydrogen) atoms. The molecule has 2 atom stereocenters. The van der Waals surface area contributed by atoms with E-state index in [4.69, 9.17) is 24.3 Å². The molecule has 408 valence electrons. The highest BCUT2D eigenvalue weighted by atomic mass is 31.2. The smallest absolute Gasteiger partial charge is 0.462 e. The Hall–Kier alpha value is -3.07. The zero-order valence-electron chi connectivity index (χ0n) is 45.4. The highest BCUT2D eigenvalue weighted by Gasteiger charge is 2.26. The number of hydrogen-bond donors (Lipinski definition) is 2. The van der Waals surface area contributed by atoms with Gasteiger partial charge in [0.25, 0.3) is 0 Å². The second kappa shape index (κ2) is 56.2. The van der Waals surface area contributed by atoms with E-state index in [1.807, 2.05) is 0 Å². The number of phosphoric ester groups is 1. The molecule has 0 amide bonds.